The molecule has 34 heavy (non-hydrogen) atoms. The van der Waals surface area contributed by atoms with Gasteiger partial charge in [0.1, 0.15) is 17.5 Å². The first-order chi connectivity index (χ1) is 16.5. The third-order valence-corrected chi connectivity index (χ3v) is 7.01. The van der Waals surface area contributed by atoms with E-state index in [-0.39, 0.29) is 11.8 Å². The van der Waals surface area contributed by atoms with Gasteiger partial charge in [-0.3, -0.25) is 14.6 Å². The van der Waals surface area contributed by atoms with E-state index in [0.717, 1.165) is 16.8 Å². The van der Waals surface area contributed by atoms with Crippen molar-refractivity contribution in [1.29, 1.82) is 0 Å². The van der Waals surface area contributed by atoms with Crippen LogP contribution in [0.3, 0.4) is 0 Å². The first kappa shape index (κ1) is 20.7. The van der Waals surface area contributed by atoms with Crippen LogP contribution in [-0.2, 0) is 12.2 Å². The fourth-order valence-corrected chi connectivity index (χ4v) is 5.26. The molecule has 4 aromatic rings. The van der Waals surface area contributed by atoms with E-state index < -0.39 is 5.66 Å². The molecule has 0 aliphatic carbocycles. The van der Waals surface area contributed by atoms with E-state index >= 15 is 0 Å². The van der Waals surface area contributed by atoms with Gasteiger partial charge in [-0.2, -0.15) is 0 Å². The maximum absolute atomic E-state index is 13.8. The number of fused-ring (bicyclic) bond motifs is 2. The maximum Gasteiger partial charge on any atom is 0.272 e. The highest BCUT2D eigenvalue weighted by atomic mass is 35.5. The van der Waals surface area contributed by atoms with Crippen LogP contribution in [0.5, 0.6) is 0 Å². The molecule has 8 nitrogen and oxygen atoms in total. The Morgan fingerprint density at radius 1 is 1.09 bits per heavy atom. The Labute approximate surface area is 200 Å². The molecular weight excluding hydrogens is 454 g/mol. The minimum atomic E-state index is -1.04. The molecule has 0 bridgehead atoms. The summed E-state index contributed by atoms with van der Waals surface area (Å²) < 4.78 is 7.03. The zero-order valence-corrected chi connectivity index (χ0v) is 19.1. The van der Waals surface area contributed by atoms with Crippen LogP contribution in [0.2, 0.25) is 5.02 Å². The molecule has 170 valence electrons. The summed E-state index contributed by atoms with van der Waals surface area (Å²) >= 11 is 6.20. The summed E-state index contributed by atoms with van der Waals surface area (Å²) in [5.74, 6) is -0.365. The molecule has 0 N–H and O–H groups in total. The molecule has 5 heterocycles. The van der Waals surface area contributed by atoms with E-state index in [0.29, 0.717) is 41.6 Å². The van der Waals surface area contributed by atoms with Crippen LogP contribution in [0.4, 0.5) is 0 Å². The largest absolute Gasteiger partial charge is 0.364 e. The minimum Gasteiger partial charge on any atom is -0.364 e. The van der Waals surface area contributed by atoms with Gasteiger partial charge < -0.3 is 18.9 Å². The van der Waals surface area contributed by atoms with Crippen molar-refractivity contribution < 1.29 is 14.1 Å². The molecule has 2 aliphatic heterocycles. The average molecular weight is 474 g/mol. The smallest absolute Gasteiger partial charge is 0.272 e. The maximum atomic E-state index is 13.8. The van der Waals surface area contributed by atoms with Gasteiger partial charge in [0.2, 0.25) is 0 Å². The van der Waals surface area contributed by atoms with Crippen LogP contribution >= 0.6 is 11.6 Å². The third kappa shape index (κ3) is 2.85. The topological polar surface area (TPSA) is 84.5 Å². The van der Waals surface area contributed by atoms with Crippen LogP contribution in [0, 0.1) is 6.92 Å². The molecule has 1 unspecified atom stereocenters. The number of aryl methyl sites for hydroxylation is 1. The molecule has 1 atom stereocenters. The van der Waals surface area contributed by atoms with Gasteiger partial charge in [-0.1, -0.05) is 28.9 Å². The molecule has 3 aromatic heterocycles. The van der Waals surface area contributed by atoms with E-state index in [1.165, 1.54) is 6.26 Å². The molecule has 0 spiro atoms. The molecule has 0 radical (unpaired) electrons. The molecule has 6 rings (SSSR count). The van der Waals surface area contributed by atoms with Gasteiger partial charge >= 0.3 is 0 Å². The van der Waals surface area contributed by atoms with Crippen molar-refractivity contribution in [2.45, 2.75) is 19.1 Å². The molecule has 9 heteroatoms. The lowest BCUT2D eigenvalue weighted by atomic mass is 9.93. The highest BCUT2D eigenvalue weighted by Gasteiger charge is 2.56. The molecule has 1 aromatic carbocycles. The Bertz CT molecular complexity index is 1410. The lowest BCUT2D eigenvalue weighted by Gasteiger charge is -2.47. The SMILES string of the molecule is Cc1nocc1C(=O)N1CCN2C(=O)c3ccc(-c4cccnc4)n3CC12c1ccc(Cl)cc1. The normalized spacial score (nSPS) is 19.3. The molecule has 1 saturated heterocycles. The molecule has 2 aliphatic rings. The van der Waals surface area contributed by atoms with Crippen molar-refractivity contribution in [1.82, 2.24) is 24.5 Å². The summed E-state index contributed by atoms with van der Waals surface area (Å²) in [5, 5.41) is 4.46. The fourth-order valence-electron chi connectivity index (χ4n) is 5.14. The van der Waals surface area contributed by atoms with Crippen LogP contribution in [0.15, 0.2) is 71.7 Å². The summed E-state index contributed by atoms with van der Waals surface area (Å²) in [6.45, 7) is 2.88. The Hall–Kier alpha value is -3.91. The van der Waals surface area contributed by atoms with Crippen molar-refractivity contribution in [2.75, 3.05) is 13.1 Å². The van der Waals surface area contributed by atoms with E-state index in [2.05, 4.69) is 10.1 Å². The molecule has 0 saturated carbocycles. The number of carbonyl (C=O) groups excluding carboxylic acids is 2. The number of carbonyl (C=O) groups is 2. The lowest BCUT2D eigenvalue weighted by molar-refractivity contribution is -0.00566. The van der Waals surface area contributed by atoms with Crippen molar-refractivity contribution in [2.24, 2.45) is 0 Å². The van der Waals surface area contributed by atoms with Gasteiger partial charge in [-0.05, 0) is 43.3 Å². The van der Waals surface area contributed by atoms with E-state index in [1.54, 1.807) is 41.2 Å². The van der Waals surface area contributed by atoms with Gasteiger partial charge in [0.25, 0.3) is 11.8 Å². The molecule has 1 fully saturated rings. The predicted molar refractivity (Wildman–Crippen MR) is 124 cm³/mol. The summed E-state index contributed by atoms with van der Waals surface area (Å²) in [7, 11) is 0. The van der Waals surface area contributed by atoms with Crippen LogP contribution in [0.25, 0.3) is 11.3 Å². The van der Waals surface area contributed by atoms with Crippen molar-refractivity contribution in [3.8, 4) is 11.3 Å². The highest BCUT2D eigenvalue weighted by Crippen LogP contribution is 2.45. The number of halogens is 1. The van der Waals surface area contributed by atoms with E-state index in [9.17, 15) is 9.59 Å². The Morgan fingerprint density at radius 3 is 2.59 bits per heavy atom. The van der Waals surface area contributed by atoms with Crippen molar-refractivity contribution in [3.05, 3.63) is 94.7 Å². The zero-order chi connectivity index (χ0) is 23.4. The second-order valence-corrected chi connectivity index (χ2v) is 8.92. The standard InChI is InChI=1S/C25H20ClN5O3/c1-16-20(14-34-28-16)23(32)30-11-12-31-24(33)22-9-8-21(17-3-2-10-27-13-17)29(22)15-25(30,31)18-4-6-19(26)7-5-18/h2-10,13-14H,11-12,15H2,1H3. The van der Waals surface area contributed by atoms with Crippen LogP contribution < -0.4 is 0 Å². The van der Waals surface area contributed by atoms with Crippen molar-refractivity contribution in [3.63, 3.8) is 0 Å². The predicted octanol–water partition coefficient (Wildman–Crippen LogP) is 3.96. The Balaban J connectivity index is 1.56. The second kappa shape index (κ2) is 7.56. The summed E-state index contributed by atoms with van der Waals surface area (Å²) in [4.78, 5) is 35.4. The number of aromatic nitrogens is 3. The van der Waals surface area contributed by atoms with Gasteiger partial charge in [0.15, 0.2) is 5.66 Å². The van der Waals surface area contributed by atoms with Gasteiger partial charge in [0.05, 0.1) is 17.9 Å². The first-order valence-electron chi connectivity index (χ1n) is 10.9. The quantitative estimate of drug-likeness (QED) is 0.449. The summed E-state index contributed by atoms with van der Waals surface area (Å²) in [6, 6.07) is 14.9. The van der Waals surface area contributed by atoms with Crippen LogP contribution in [-0.4, -0.2) is 49.4 Å². The monoisotopic (exact) mass is 473 g/mol. The van der Waals surface area contributed by atoms with Gasteiger partial charge in [0, 0.05) is 41.6 Å². The van der Waals surface area contributed by atoms with Gasteiger partial charge in [-0.15, -0.1) is 0 Å². The molecule has 2 amide bonds. The first-order valence-corrected chi connectivity index (χ1v) is 11.3. The lowest BCUT2D eigenvalue weighted by Crippen LogP contribution is -2.60. The number of rotatable bonds is 3. The number of benzene rings is 1. The number of pyridine rings is 1. The summed E-state index contributed by atoms with van der Waals surface area (Å²) in [5.41, 5.74) is 3.01. The number of nitrogens with zero attached hydrogens (tertiary/aromatic N) is 5. The van der Waals surface area contributed by atoms with Crippen LogP contribution in [0.1, 0.15) is 32.1 Å². The number of hydrogen-bond donors (Lipinski definition) is 0. The zero-order valence-electron chi connectivity index (χ0n) is 18.3. The second-order valence-electron chi connectivity index (χ2n) is 8.48. The highest BCUT2D eigenvalue weighted by molar-refractivity contribution is 6.30. The average Bonchev–Trinajstić information content (AvgIpc) is 3.57. The summed E-state index contributed by atoms with van der Waals surface area (Å²) in [6.07, 6.45) is 4.85. The molecular formula is C25H20ClN5O3. The van der Waals surface area contributed by atoms with Gasteiger partial charge in [-0.25, -0.2) is 0 Å². The number of amides is 2. The third-order valence-electron chi connectivity index (χ3n) is 6.75. The Kier molecular flexibility index (Phi) is 4.60. The van der Waals surface area contributed by atoms with E-state index in [4.69, 9.17) is 16.1 Å². The van der Waals surface area contributed by atoms with Crippen molar-refractivity contribution >= 4 is 23.4 Å². The Morgan fingerprint density at radius 2 is 1.88 bits per heavy atom. The van der Waals surface area contributed by atoms with E-state index in [1.807, 2.05) is 41.0 Å². The fraction of sp³-hybridized carbons (Fsp3) is 0.200. The minimum absolute atomic E-state index is 0.131. The number of hydrogen-bond acceptors (Lipinski definition) is 5.